The summed E-state index contributed by atoms with van der Waals surface area (Å²) in [6.45, 7) is 3.18. The number of piperidine rings is 1. The predicted octanol–water partition coefficient (Wildman–Crippen LogP) is 3.81. The number of carbonyl (C=O) groups excluding carboxylic acids is 2. The van der Waals surface area contributed by atoms with Crippen LogP contribution in [0.25, 0.3) is 0 Å². The topological polar surface area (TPSA) is 49.4 Å². The maximum absolute atomic E-state index is 13.3. The number of likely N-dealkylation sites (tertiary alicyclic amines) is 1. The molecule has 2 aromatic carbocycles. The summed E-state index contributed by atoms with van der Waals surface area (Å²) in [6, 6.07) is 14.0. The Hall–Kier alpha value is -2.69. The highest BCUT2D eigenvalue weighted by atomic mass is 19.1. The van der Waals surface area contributed by atoms with Gasteiger partial charge in [-0.2, -0.15) is 0 Å². The largest absolute Gasteiger partial charge is 0.342 e. The van der Waals surface area contributed by atoms with E-state index in [0.717, 1.165) is 17.7 Å². The average molecular weight is 368 g/mol. The van der Waals surface area contributed by atoms with Crippen molar-refractivity contribution < 1.29 is 14.0 Å². The molecule has 0 spiro atoms. The van der Waals surface area contributed by atoms with E-state index in [4.69, 9.17) is 0 Å². The molecule has 0 saturated carbocycles. The number of rotatable bonds is 5. The third-order valence-electron chi connectivity index (χ3n) is 5.12. The van der Waals surface area contributed by atoms with Crippen molar-refractivity contribution in [2.75, 3.05) is 18.4 Å². The molecule has 0 radical (unpaired) electrons. The van der Waals surface area contributed by atoms with Gasteiger partial charge in [0.2, 0.25) is 11.8 Å². The first-order chi connectivity index (χ1) is 13.1. The second-order valence-corrected chi connectivity index (χ2v) is 6.96. The summed E-state index contributed by atoms with van der Waals surface area (Å²) in [6.07, 6.45) is 2.35. The van der Waals surface area contributed by atoms with Crippen molar-refractivity contribution in [3.8, 4) is 0 Å². The van der Waals surface area contributed by atoms with Gasteiger partial charge in [-0.3, -0.25) is 9.59 Å². The Bertz CT molecular complexity index is 813. The van der Waals surface area contributed by atoms with Crippen LogP contribution in [-0.2, 0) is 22.4 Å². The Balaban J connectivity index is 1.52. The van der Waals surface area contributed by atoms with Crippen LogP contribution in [0.15, 0.2) is 48.5 Å². The molecule has 4 nitrogen and oxygen atoms in total. The average Bonchev–Trinajstić information content (AvgIpc) is 2.68. The van der Waals surface area contributed by atoms with Crippen LogP contribution in [0.4, 0.5) is 10.1 Å². The SMILES string of the molecule is CCc1ccccc1NC(=O)C1CCN(C(=O)Cc2cccc(F)c2)CC1. The van der Waals surface area contributed by atoms with Crippen LogP contribution in [0.3, 0.4) is 0 Å². The van der Waals surface area contributed by atoms with Crippen molar-refractivity contribution in [2.45, 2.75) is 32.6 Å². The van der Waals surface area contributed by atoms with Gasteiger partial charge in [-0.15, -0.1) is 0 Å². The molecular formula is C22H25FN2O2. The fraction of sp³-hybridized carbons (Fsp3) is 0.364. The third kappa shape index (κ3) is 4.94. The summed E-state index contributed by atoms with van der Waals surface area (Å²) < 4.78 is 13.3. The minimum Gasteiger partial charge on any atom is -0.342 e. The van der Waals surface area contributed by atoms with Gasteiger partial charge in [0.25, 0.3) is 0 Å². The molecule has 1 saturated heterocycles. The molecule has 27 heavy (non-hydrogen) atoms. The number of amides is 2. The number of anilines is 1. The number of nitrogens with zero attached hydrogens (tertiary/aromatic N) is 1. The zero-order valence-electron chi connectivity index (χ0n) is 15.6. The van der Waals surface area contributed by atoms with Gasteiger partial charge in [0, 0.05) is 24.7 Å². The van der Waals surface area contributed by atoms with E-state index in [1.165, 1.54) is 12.1 Å². The number of halogens is 1. The molecule has 2 amide bonds. The maximum Gasteiger partial charge on any atom is 0.227 e. The van der Waals surface area contributed by atoms with Crippen LogP contribution in [-0.4, -0.2) is 29.8 Å². The maximum atomic E-state index is 13.3. The summed E-state index contributed by atoms with van der Waals surface area (Å²) >= 11 is 0. The van der Waals surface area contributed by atoms with Gasteiger partial charge >= 0.3 is 0 Å². The summed E-state index contributed by atoms with van der Waals surface area (Å²) in [7, 11) is 0. The predicted molar refractivity (Wildman–Crippen MR) is 104 cm³/mol. The molecule has 1 fully saturated rings. The fourth-order valence-electron chi connectivity index (χ4n) is 3.51. The Morgan fingerprint density at radius 2 is 1.85 bits per heavy atom. The lowest BCUT2D eigenvalue weighted by Gasteiger charge is -2.31. The Labute approximate surface area is 159 Å². The first kappa shape index (κ1) is 19.1. The van der Waals surface area contributed by atoms with Gasteiger partial charge in [-0.05, 0) is 48.6 Å². The first-order valence-electron chi connectivity index (χ1n) is 9.47. The molecule has 1 heterocycles. The van der Waals surface area contributed by atoms with Crippen LogP contribution >= 0.6 is 0 Å². The Morgan fingerprint density at radius 3 is 2.56 bits per heavy atom. The molecule has 142 valence electrons. The Kier molecular flexibility index (Phi) is 6.22. The molecular weight excluding hydrogens is 343 g/mol. The zero-order valence-corrected chi connectivity index (χ0v) is 15.6. The summed E-state index contributed by atoms with van der Waals surface area (Å²) in [4.78, 5) is 26.8. The highest BCUT2D eigenvalue weighted by Crippen LogP contribution is 2.22. The quantitative estimate of drug-likeness (QED) is 0.872. The van der Waals surface area contributed by atoms with E-state index in [2.05, 4.69) is 12.2 Å². The lowest BCUT2D eigenvalue weighted by atomic mass is 9.95. The molecule has 1 aliphatic rings. The van der Waals surface area contributed by atoms with E-state index < -0.39 is 0 Å². The smallest absolute Gasteiger partial charge is 0.227 e. The van der Waals surface area contributed by atoms with E-state index in [9.17, 15) is 14.0 Å². The van der Waals surface area contributed by atoms with Crippen molar-refractivity contribution in [3.05, 3.63) is 65.5 Å². The number of hydrogen-bond donors (Lipinski definition) is 1. The summed E-state index contributed by atoms with van der Waals surface area (Å²) in [5.74, 6) is -0.417. The second-order valence-electron chi connectivity index (χ2n) is 6.96. The van der Waals surface area contributed by atoms with Gasteiger partial charge in [0.15, 0.2) is 0 Å². The number of benzene rings is 2. The molecule has 0 bridgehead atoms. The standard InChI is InChI=1S/C22H25FN2O2/c1-2-17-7-3-4-9-20(17)24-22(27)18-10-12-25(13-11-18)21(26)15-16-6-5-8-19(23)14-16/h3-9,14,18H,2,10-13,15H2,1H3,(H,24,27). The van der Waals surface area contributed by atoms with E-state index in [-0.39, 0.29) is 30.0 Å². The number of hydrogen-bond acceptors (Lipinski definition) is 2. The normalized spacial score (nSPS) is 14.8. The number of carbonyl (C=O) groups is 2. The van der Waals surface area contributed by atoms with Crippen molar-refractivity contribution in [1.29, 1.82) is 0 Å². The Morgan fingerprint density at radius 1 is 1.11 bits per heavy atom. The van der Waals surface area contributed by atoms with Gasteiger partial charge in [0.1, 0.15) is 5.82 Å². The lowest BCUT2D eigenvalue weighted by Crippen LogP contribution is -2.42. The monoisotopic (exact) mass is 368 g/mol. The van der Waals surface area contributed by atoms with Gasteiger partial charge in [-0.25, -0.2) is 4.39 Å². The van der Waals surface area contributed by atoms with Gasteiger partial charge < -0.3 is 10.2 Å². The molecule has 1 aliphatic heterocycles. The van der Waals surface area contributed by atoms with Gasteiger partial charge in [0.05, 0.1) is 6.42 Å². The number of aryl methyl sites for hydroxylation is 1. The number of para-hydroxylation sites is 1. The first-order valence-corrected chi connectivity index (χ1v) is 9.47. The minimum atomic E-state index is -0.331. The van der Waals surface area contributed by atoms with Crippen LogP contribution in [0.5, 0.6) is 0 Å². The fourth-order valence-corrected chi connectivity index (χ4v) is 3.51. The number of nitrogens with one attached hydrogen (secondary N) is 1. The molecule has 0 aromatic heterocycles. The molecule has 0 unspecified atom stereocenters. The van der Waals surface area contributed by atoms with Crippen molar-refractivity contribution in [1.82, 2.24) is 4.90 Å². The summed E-state index contributed by atoms with van der Waals surface area (Å²) in [5, 5.41) is 3.04. The highest BCUT2D eigenvalue weighted by Gasteiger charge is 2.27. The van der Waals surface area contributed by atoms with Gasteiger partial charge in [-0.1, -0.05) is 37.3 Å². The van der Waals surface area contributed by atoms with Crippen LogP contribution in [0, 0.1) is 11.7 Å². The van der Waals surface area contributed by atoms with Crippen LogP contribution in [0.1, 0.15) is 30.9 Å². The van der Waals surface area contributed by atoms with Crippen molar-refractivity contribution in [2.24, 2.45) is 5.92 Å². The molecule has 5 heteroatoms. The molecule has 1 N–H and O–H groups in total. The van der Waals surface area contributed by atoms with Crippen molar-refractivity contribution in [3.63, 3.8) is 0 Å². The highest BCUT2D eigenvalue weighted by molar-refractivity contribution is 5.93. The summed E-state index contributed by atoms with van der Waals surface area (Å²) in [5.41, 5.74) is 2.67. The van der Waals surface area contributed by atoms with E-state index in [1.54, 1.807) is 17.0 Å². The zero-order chi connectivity index (χ0) is 19.2. The van der Waals surface area contributed by atoms with Crippen LogP contribution in [0.2, 0.25) is 0 Å². The second kappa shape index (κ2) is 8.80. The van der Waals surface area contributed by atoms with E-state index >= 15 is 0 Å². The molecule has 0 atom stereocenters. The van der Waals surface area contributed by atoms with Crippen LogP contribution < -0.4 is 5.32 Å². The molecule has 3 rings (SSSR count). The third-order valence-corrected chi connectivity index (χ3v) is 5.12. The minimum absolute atomic E-state index is 0.0178. The lowest BCUT2D eigenvalue weighted by molar-refractivity contribution is -0.133. The molecule has 0 aliphatic carbocycles. The molecule has 2 aromatic rings. The van der Waals surface area contributed by atoms with Crippen molar-refractivity contribution >= 4 is 17.5 Å². The van der Waals surface area contributed by atoms with E-state index in [0.29, 0.717) is 31.5 Å². The van der Waals surface area contributed by atoms with E-state index in [1.807, 2.05) is 24.3 Å².